The highest BCUT2D eigenvalue weighted by molar-refractivity contribution is 5.94. The molecule has 0 bridgehead atoms. The molecule has 7 heteroatoms. The van der Waals surface area contributed by atoms with Crippen molar-refractivity contribution in [2.45, 2.75) is 33.2 Å². The van der Waals surface area contributed by atoms with Gasteiger partial charge >= 0.3 is 0 Å². The number of rotatable bonds is 7. The number of carbonyl (C=O) groups excluding carboxylic acids is 1. The van der Waals surface area contributed by atoms with E-state index in [1.54, 1.807) is 12.1 Å². The second kappa shape index (κ2) is 8.15. The van der Waals surface area contributed by atoms with Crippen molar-refractivity contribution in [2.75, 3.05) is 11.9 Å². The fourth-order valence-electron chi connectivity index (χ4n) is 4.12. The van der Waals surface area contributed by atoms with Crippen molar-refractivity contribution in [2.24, 2.45) is 17.3 Å². The quantitative estimate of drug-likeness (QED) is 0.762. The number of hydrogen-bond acceptors (Lipinski definition) is 5. The summed E-state index contributed by atoms with van der Waals surface area (Å²) in [6, 6.07) is 5.33. The molecule has 154 valence electrons. The lowest BCUT2D eigenvalue weighted by Gasteiger charge is -2.26. The van der Waals surface area contributed by atoms with Gasteiger partial charge in [-0.05, 0) is 44.7 Å². The number of ether oxygens (including phenoxy) is 1. The van der Waals surface area contributed by atoms with Gasteiger partial charge in [0.05, 0.1) is 18.4 Å². The van der Waals surface area contributed by atoms with Gasteiger partial charge in [0.2, 0.25) is 5.91 Å². The molecule has 2 aliphatic carbocycles. The van der Waals surface area contributed by atoms with E-state index in [1.807, 2.05) is 42.9 Å². The Morgan fingerprint density at radius 3 is 2.93 bits per heavy atom. The highest BCUT2D eigenvalue weighted by Gasteiger charge is 2.62. The summed E-state index contributed by atoms with van der Waals surface area (Å²) in [5, 5.41) is 16.2. The first-order valence-corrected chi connectivity index (χ1v) is 10.2. The second-order valence-electron chi connectivity index (χ2n) is 7.90. The summed E-state index contributed by atoms with van der Waals surface area (Å²) >= 11 is 0. The first-order valence-electron chi connectivity index (χ1n) is 10.2. The molecule has 0 saturated heterocycles. The van der Waals surface area contributed by atoms with Crippen LogP contribution in [0.25, 0.3) is 0 Å². The van der Waals surface area contributed by atoms with Crippen molar-refractivity contribution in [3.63, 3.8) is 0 Å². The molecule has 7 nitrogen and oxygen atoms in total. The minimum Gasteiger partial charge on any atom is -0.489 e. The lowest BCUT2D eigenvalue weighted by molar-refractivity contribution is -0.118. The van der Waals surface area contributed by atoms with E-state index < -0.39 is 0 Å². The predicted octanol–water partition coefficient (Wildman–Crippen LogP) is 3.63. The van der Waals surface area contributed by atoms with E-state index in [0.29, 0.717) is 18.0 Å². The number of allylic oxidation sites excluding steroid dienone is 4. The summed E-state index contributed by atoms with van der Waals surface area (Å²) in [4.78, 5) is 17.1. The molecule has 2 aromatic heterocycles. The maximum Gasteiger partial charge on any atom is 0.229 e. The number of nitrogens with zero attached hydrogens (tertiary/aromatic N) is 4. The normalized spacial score (nSPS) is 24.3. The van der Waals surface area contributed by atoms with Crippen LogP contribution in [0.2, 0.25) is 0 Å². The van der Waals surface area contributed by atoms with Crippen LogP contribution in [0.5, 0.6) is 5.75 Å². The number of aromatic nitrogens is 3. The van der Waals surface area contributed by atoms with Gasteiger partial charge in [0.25, 0.3) is 0 Å². The minimum absolute atomic E-state index is 0.0558. The molecule has 2 aliphatic rings. The molecular formula is C23H25N5O2. The van der Waals surface area contributed by atoms with E-state index in [9.17, 15) is 4.79 Å². The van der Waals surface area contributed by atoms with Crippen LogP contribution in [-0.2, 0) is 11.3 Å². The average Bonchev–Trinajstić information content (AvgIpc) is 3.42. The topological polar surface area (TPSA) is 92.8 Å². The highest BCUT2D eigenvalue weighted by Crippen LogP contribution is 2.60. The van der Waals surface area contributed by atoms with Gasteiger partial charge in [0, 0.05) is 24.1 Å². The SMILES string of the molecule is CCn1cc(OC[C@@]2(C3C=CC=CC3)C[C@H]2C(=O)Nc2ccc(C#N)cn2)c(C)n1. The third-order valence-electron chi connectivity index (χ3n) is 6.02. The van der Waals surface area contributed by atoms with Crippen molar-refractivity contribution in [1.29, 1.82) is 5.26 Å². The zero-order chi connectivity index (χ0) is 21.1. The van der Waals surface area contributed by atoms with Gasteiger partial charge in [-0.2, -0.15) is 10.4 Å². The van der Waals surface area contributed by atoms with Crippen LogP contribution < -0.4 is 10.1 Å². The van der Waals surface area contributed by atoms with Gasteiger partial charge in [0.1, 0.15) is 17.6 Å². The molecule has 1 saturated carbocycles. The molecule has 1 unspecified atom stereocenters. The molecule has 3 atom stereocenters. The number of pyridine rings is 1. The van der Waals surface area contributed by atoms with E-state index >= 15 is 0 Å². The molecule has 0 aromatic carbocycles. The lowest BCUT2D eigenvalue weighted by Crippen LogP contribution is -2.29. The van der Waals surface area contributed by atoms with Gasteiger partial charge in [-0.25, -0.2) is 4.98 Å². The number of amides is 1. The Balaban J connectivity index is 1.48. The molecule has 1 fully saturated rings. The summed E-state index contributed by atoms with van der Waals surface area (Å²) in [6.07, 6.45) is 13.4. The predicted molar refractivity (Wildman–Crippen MR) is 113 cm³/mol. The Morgan fingerprint density at radius 1 is 1.43 bits per heavy atom. The first kappa shape index (κ1) is 19.9. The number of nitriles is 1. The maximum absolute atomic E-state index is 13.0. The van der Waals surface area contributed by atoms with E-state index in [1.165, 1.54) is 6.20 Å². The number of aryl methyl sites for hydroxylation is 2. The third-order valence-corrected chi connectivity index (χ3v) is 6.02. The Labute approximate surface area is 176 Å². The Bertz CT molecular complexity index is 1030. The van der Waals surface area contributed by atoms with Gasteiger partial charge in [-0.3, -0.25) is 9.48 Å². The van der Waals surface area contributed by atoms with Gasteiger partial charge in [-0.1, -0.05) is 24.3 Å². The molecular weight excluding hydrogens is 378 g/mol. The van der Waals surface area contributed by atoms with E-state index in [2.05, 4.69) is 27.6 Å². The van der Waals surface area contributed by atoms with Crippen molar-refractivity contribution < 1.29 is 9.53 Å². The van der Waals surface area contributed by atoms with Crippen LogP contribution in [0.15, 0.2) is 48.8 Å². The molecule has 0 radical (unpaired) electrons. The fraction of sp³-hybridized carbons (Fsp3) is 0.391. The number of anilines is 1. The fourth-order valence-corrected chi connectivity index (χ4v) is 4.12. The average molecular weight is 403 g/mol. The number of carbonyl (C=O) groups is 1. The standard InChI is InChI=1S/C23H25N5O2/c1-3-28-14-20(16(2)27-28)30-15-23(18-7-5-4-6-8-18)11-19(23)22(29)26-21-10-9-17(12-24)13-25-21/h4-7,9-10,13-14,18-19H,3,8,11,15H2,1-2H3,(H,25,26,29)/t18?,19-,23+/m0/s1. The molecule has 30 heavy (non-hydrogen) atoms. The van der Waals surface area contributed by atoms with E-state index in [0.717, 1.165) is 30.8 Å². The smallest absolute Gasteiger partial charge is 0.229 e. The van der Waals surface area contributed by atoms with E-state index in [4.69, 9.17) is 10.00 Å². The Hall–Kier alpha value is -3.40. The van der Waals surface area contributed by atoms with Crippen LogP contribution >= 0.6 is 0 Å². The number of hydrogen-bond donors (Lipinski definition) is 1. The largest absolute Gasteiger partial charge is 0.489 e. The van der Waals surface area contributed by atoms with Crippen LogP contribution in [-0.4, -0.2) is 27.3 Å². The highest BCUT2D eigenvalue weighted by atomic mass is 16.5. The van der Waals surface area contributed by atoms with Crippen molar-refractivity contribution in [3.05, 3.63) is 60.1 Å². The summed E-state index contributed by atoms with van der Waals surface area (Å²) < 4.78 is 8.04. The first-order chi connectivity index (χ1) is 14.6. The van der Waals surface area contributed by atoms with Gasteiger partial charge in [0.15, 0.2) is 5.75 Å². The van der Waals surface area contributed by atoms with E-state index in [-0.39, 0.29) is 23.2 Å². The molecule has 2 heterocycles. The minimum atomic E-state index is -0.251. The van der Waals surface area contributed by atoms with Crippen LogP contribution in [0, 0.1) is 35.5 Å². The molecule has 0 aliphatic heterocycles. The van der Waals surface area contributed by atoms with Gasteiger partial charge in [-0.15, -0.1) is 0 Å². The zero-order valence-corrected chi connectivity index (χ0v) is 17.2. The molecule has 4 rings (SSSR count). The monoisotopic (exact) mass is 403 g/mol. The molecule has 2 aromatic rings. The summed E-state index contributed by atoms with van der Waals surface area (Å²) in [5.74, 6) is 1.26. The Kier molecular flexibility index (Phi) is 5.40. The summed E-state index contributed by atoms with van der Waals surface area (Å²) in [5.41, 5.74) is 1.07. The second-order valence-corrected chi connectivity index (χ2v) is 7.90. The van der Waals surface area contributed by atoms with Crippen molar-refractivity contribution >= 4 is 11.7 Å². The van der Waals surface area contributed by atoms with Crippen LogP contribution in [0.4, 0.5) is 5.82 Å². The maximum atomic E-state index is 13.0. The zero-order valence-electron chi connectivity index (χ0n) is 17.2. The van der Waals surface area contributed by atoms with Crippen LogP contribution in [0.1, 0.15) is 31.0 Å². The van der Waals surface area contributed by atoms with Gasteiger partial charge < -0.3 is 10.1 Å². The van der Waals surface area contributed by atoms with Crippen LogP contribution in [0.3, 0.4) is 0 Å². The lowest BCUT2D eigenvalue weighted by atomic mass is 9.82. The van der Waals surface area contributed by atoms with Crippen molar-refractivity contribution in [3.8, 4) is 11.8 Å². The molecule has 1 N–H and O–H groups in total. The summed E-state index contributed by atoms with van der Waals surface area (Å²) in [7, 11) is 0. The van der Waals surface area contributed by atoms with Crippen molar-refractivity contribution in [1.82, 2.24) is 14.8 Å². The Morgan fingerprint density at radius 2 is 2.30 bits per heavy atom. The third kappa shape index (κ3) is 3.86. The summed E-state index contributed by atoms with van der Waals surface area (Å²) in [6.45, 7) is 5.22. The molecule has 1 amide bonds. The molecule has 0 spiro atoms. The number of nitrogens with one attached hydrogen (secondary N) is 1.